The van der Waals surface area contributed by atoms with Crippen molar-refractivity contribution in [1.29, 1.82) is 0 Å². The molecule has 0 amide bonds. The quantitative estimate of drug-likeness (QED) is 0.857. The lowest BCUT2D eigenvalue weighted by Gasteiger charge is -2.09. The number of hydrogen-bond donors (Lipinski definition) is 2. The molecule has 18 heavy (non-hydrogen) atoms. The fraction of sp³-hybridized carbons (Fsp3) is 0.273. The lowest BCUT2D eigenvalue weighted by atomic mass is 10.1. The van der Waals surface area contributed by atoms with Crippen molar-refractivity contribution in [1.82, 2.24) is 10.1 Å². The van der Waals surface area contributed by atoms with Crippen molar-refractivity contribution >= 4 is 0 Å². The Bertz CT molecular complexity index is 583. The van der Waals surface area contributed by atoms with Gasteiger partial charge in [-0.25, -0.2) is 4.39 Å². The van der Waals surface area contributed by atoms with Crippen LogP contribution in [0.15, 0.2) is 10.6 Å². The van der Waals surface area contributed by atoms with Crippen molar-refractivity contribution in [2.24, 2.45) is 5.73 Å². The van der Waals surface area contributed by atoms with Crippen LogP contribution in [0.25, 0.3) is 11.4 Å². The monoisotopic (exact) mass is 253 g/mol. The maximum Gasteiger partial charge on any atom is 0.240 e. The van der Waals surface area contributed by atoms with Crippen LogP contribution in [-0.4, -0.2) is 22.4 Å². The summed E-state index contributed by atoms with van der Waals surface area (Å²) in [7, 11) is 1.28. The third kappa shape index (κ3) is 1.88. The van der Waals surface area contributed by atoms with Crippen molar-refractivity contribution in [2.45, 2.75) is 13.5 Å². The van der Waals surface area contributed by atoms with E-state index in [0.717, 1.165) is 0 Å². The maximum absolute atomic E-state index is 13.7. The molecule has 2 rings (SSSR count). The Hall–Kier alpha value is -2.15. The molecule has 0 unspecified atom stereocenters. The highest BCUT2D eigenvalue weighted by Crippen LogP contribution is 2.38. The van der Waals surface area contributed by atoms with Crippen LogP contribution in [0, 0.1) is 12.7 Å². The number of rotatable bonds is 3. The molecule has 0 atom stereocenters. The van der Waals surface area contributed by atoms with Crippen molar-refractivity contribution in [2.75, 3.05) is 7.11 Å². The lowest BCUT2D eigenvalue weighted by molar-refractivity contribution is 0.350. The number of phenols is 1. The van der Waals surface area contributed by atoms with E-state index in [1.165, 1.54) is 13.2 Å². The minimum absolute atomic E-state index is 0.0939. The molecular formula is C11H12FN3O3. The van der Waals surface area contributed by atoms with Crippen molar-refractivity contribution in [3.8, 4) is 22.9 Å². The van der Waals surface area contributed by atoms with E-state index in [2.05, 4.69) is 10.1 Å². The Morgan fingerprint density at radius 1 is 1.56 bits per heavy atom. The number of phenolic OH excluding ortho intramolecular Hbond substituents is 1. The Morgan fingerprint density at radius 3 is 2.83 bits per heavy atom. The zero-order valence-electron chi connectivity index (χ0n) is 9.90. The van der Waals surface area contributed by atoms with Gasteiger partial charge in [-0.2, -0.15) is 4.98 Å². The first-order valence-electron chi connectivity index (χ1n) is 5.17. The van der Waals surface area contributed by atoms with E-state index in [1.54, 1.807) is 6.92 Å². The van der Waals surface area contributed by atoms with Crippen LogP contribution < -0.4 is 10.5 Å². The van der Waals surface area contributed by atoms with E-state index in [-0.39, 0.29) is 29.8 Å². The van der Waals surface area contributed by atoms with Gasteiger partial charge in [0.2, 0.25) is 11.7 Å². The molecule has 0 spiro atoms. The van der Waals surface area contributed by atoms with E-state index in [1.807, 2.05) is 0 Å². The topological polar surface area (TPSA) is 94.4 Å². The van der Waals surface area contributed by atoms with Crippen molar-refractivity contribution < 1.29 is 18.8 Å². The summed E-state index contributed by atoms with van der Waals surface area (Å²) in [4.78, 5) is 3.98. The molecule has 3 N–H and O–H groups in total. The largest absolute Gasteiger partial charge is 0.504 e. The Balaban J connectivity index is 2.58. The first kappa shape index (κ1) is 12.3. The average Bonchev–Trinajstić information content (AvgIpc) is 2.83. The van der Waals surface area contributed by atoms with Crippen LogP contribution in [0.5, 0.6) is 11.5 Å². The van der Waals surface area contributed by atoms with Crippen molar-refractivity contribution in [3.05, 3.63) is 23.3 Å². The molecule has 96 valence electrons. The molecule has 7 heteroatoms. The molecule has 0 aliphatic heterocycles. The second-order valence-electron chi connectivity index (χ2n) is 3.63. The molecule has 0 aliphatic rings. The Kier molecular flexibility index (Phi) is 3.15. The van der Waals surface area contributed by atoms with Gasteiger partial charge in [0.1, 0.15) is 0 Å². The Morgan fingerprint density at radius 2 is 2.28 bits per heavy atom. The molecular weight excluding hydrogens is 241 g/mol. The molecule has 0 radical (unpaired) electrons. The fourth-order valence-corrected chi connectivity index (χ4v) is 1.59. The van der Waals surface area contributed by atoms with E-state index >= 15 is 0 Å². The molecule has 0 saturated heterocycles. The molecule has 2 aromatic rings. The van der Waals surface area contributed by atoms with Gasteiger partial charge in [0.05, 0.1) is 13.7 Å². The first-order valence-corrected chi connectivity index (χ1v) is 5.17. The summed E-state index contributed by atoms with van der Waals surface area (Å²) < 4.78 is 23.3. The van der Waals surface area contributed by atoms with Crippen LogP contribution in [0.2, 0.25) is 0 Å². The van der Waals surface area contributed by atoms with Crippen LogP contribution in [0.4, 0.5) is 4.39 Å². The van der Waals surface area contributed by atoms with Crippen LogP contribution in [0.1, 0.15) is 11.5 Å². The van der Waals surface area contributed by atoms with Gasteiger partial charge < -0.3 is 20.1 Å². The van der Waals surface area contributed by atoms with Gasteiger partial charge in [-0.3, -0.25) is 0 Å². The third-order valence-electron chi connectivity index (χ3n) is 2.55. The number of halogens is 1. The smallest absolute Gasteiger partial charge is 0.240 e. The van der Waals surface area contributed by atoms with E-state index in [4.69, 9.17) is 15.0 Å². The van der Waals surface area contributed by atoms with Gasteiger partial charge >= 0.3 is 0 Å². The normalized spacial score (nSPS) is 10.7. The molecule has 1 aromatic heterocycles. The summed E-state index contributed by atoms with van der Waals surface area (Å²) in [6.45, 7) is 1.70. The summed E-state index contributed by atoms with van der Waals surface area (Å²) in [5.74, 6) is -0.787. The number of nitrogens with zero attached hydrogens (tertiary/aromatic N) is 2. The van der Waals surface area contributed by atoms with E-state index in [9.17, 15) is 9.50 Å². The zero-order valence-corrected chi connectivity index (χ0v) is 9.90. The van der Waals surface area contributed by atoms with E-state index < -0.39 is 5.82 Å². The number of methoxy groups -OCH3 is 1. The minimum atomic E-state index is -0.699. The SMILES string of the molecule is COc1c(F)cc(-c2noc(CN)n2)c(C)c1O. The highest BCUT2D eigenvalue weighted by Gasteiger charge is 2.19. The summed E-state index contributed by atoms with van der Waals surface area (Å²) >= 11 is 0. The summed E-state index contributed by atoms with van der Waals surface area (Å²) in [5.41, 5.74) is 6.07. The summed E-state index contributed by atoms with van der Waals surface area (Å²) in [5, 5.41) is 13.5. The minimum Gasteiger partial charge on any atom is -0.504 e. The Labute approximate surface area is 102 Å². The van der Waals surface area contributed by atoms with Gasteiger partial charge in [0.15, 0.2) is 17.3 Å². The second-order valence-corrected chi connectivity index (χ2v) is 3.63. The molecule has 0 fully saturated rings. The lowest BCUT2D eigenvalue weighted by Crippen LogP contribution is -1.97. The molecule has 1 heterocycles. The highest BCUT2D eigenvalue weighted by molar-refractivity contribution is 5.67. The van der Waals surface area contributed by atoms with Crippen LogP contribution in [-0.2, 0) is 6.54 Å². The first-order chi connectivity index (χ1) is 8.58. The highest BCUT2D eigenvalue weighted by atomic mass is 19.1. The average molecular weight is 253 g/mol. The van der Waals surface area contributed by atoms with Gasteiger partial charge in [0, 0.05) is 11.1 Å². The van der Waals surface area contributed by atoms with Gasteiger partial charge in [-0.1, -0.05) is 5.16 Å². The van der Waals surface area contributed by atoms with Crippen molar-refractivity contribution in [3.63, 3.8) is 0 Å². The number of aromatic hydroxyl groups is 1. The van der Waals surface area contributed by atoms with Crippen LogP contribution in [0.3, 0.4) is 0 Å². The molecule has 1 aromatic carbocycles. The van der Waals surface area contributed by atoms with E-state index in [0.29, 0.717) is 11.1 Å². The summed E-state index contributed by atoms with van der Waals surface area (Å²) in [6, 6.07) is 1.18. The van der Waals surface area contributed by atoms with Gasteiger partial charge in [0.25, 0.3) is 0 Å². The molecule has 0 bridgehead atoms. The summed E-state index contributed by atoms with van der Waals surface area (Å²) in [6.07, 6.45) is 0. The van der Waals surface area contributed by atoms with Crippen LogP contribution >= 0.6 is 0 Å². The number of aromatic nitrogens is 2. The van der Waals surface area contributed by atoms with Gasteiger partial charge in [-0.15, -0.1) is 0 Å². The third-order valence-corrected chi connectivity index (χ3v) is 2.55. The standard InChI is InChI=1S/C11H12FN3O3/c1-5-6(11-14-8(4-13)18-15-11)3-7(12)10(17-2)9(5)16/h3,16H,4,13H2,1-2H3. The predicted molar refractivity (Wildman–Crippen MR) is 60.5 cm³/mol. The number of benzene rings is 1. The molecule has 0 aliphatic carbocycles. The number of nitrogens with two attached hydrogens (primary N) is 1. The molecule has 6 nitrogen and oxygen atoms in total. The number of hydrogen-bond acceptors (Lipinski definition) is 6. The maximum atomic E-state index is 13.7. The predicted octanol–water partition coefficient (Wildman–Crippen LogP) is 1.36. The molecule has 0 saturated carbocycles. The second kappa shape index (κ2) is 4.61. The zero-order chi connectivity index (χ0) is 13.3. The fourth-order valence-electron chi connectivity index (χ4n) is 1.59. The number of ether oxygens (including phenoxy) is 1. The van der Waals surface area contributed by atoms with Gasteiger partial charge in [-0.05, 0) is 13.0 Å².